The van der Waals surface area contributed by atoms with Gasteiger partial charge < -0.3 is 35.6 Å². The molecule has 6 rings (SSSR count). The lowest BCUT2D eigenvalue weighted by atomic mass is 10.1. The first-order valence-electron chi connectivity index (χ1n) is 12.8. The molecule has 0 aliphatic heterocycles. The summed E-state index contributed by atoms with van der Waals surface area (Å²) in [6.45, 7) is 0. The Balaban J connectivity index is 1.20. The second kappa shape index (κ2) is 11.8. The van der Waals surface area contributed by atoms with Crippen LogP contribution in [0.4, 0.5) is 22.3 Å². The van der Waals surface area contributed by atoms with Crippen LogP contribution < -0.4 is 30.6 Å². The molecule has 6 aromatic rings. The van der Waals surface area contributed by atoms with Crippen molar-refractivity contribution in [1.82, 2.24) is 15.0 Å². The highest BCUT2D eigenvalue weighted by Crippen LogP contribution is 2.43. The first kappa shape index (κ1) is 28.3. The third-order valence-electron chi connectivity index (χ3n) is 6.51. The lowest BCUT2D eigenvalue weighted by Gasteiger charge is -2.14. The number of benzene rings is 3. The number of aromatic nitrogens is 3. The summed E-state index contributed by atoms with van der Waals surface area (Å²) in [5, 5.41) is 11.0. The Kier molecular flexibility index (Phi) is 7.80. The molecule has 13 heteroatoms. The van der Waals surface area contributed by atoms with Gasteiger partial charge in [-0.05, 0) is 36.4 Å². The summed E-state index contributed by atoms with van der Waals surface area (Å²) in [6.07, 6.45) is 0. The number of halogens is 1. The average molecular weight is 633 g/mol. The maximum atomic E-state index is 12.9. The second-order valence-electron chi connectivity index (χ2n) is 9.26. The minimum atomic E-state index is -0.256. The Bertz CT molecular complexity index is 1940. The minimum Gasteiger partial charge on any atom is -0.493 e. The normalized spacial score (nSPS) is 11.0. The molecule has 1 amide bonds. The number of methoxy groups -OCH3 is 3. The van der Waals surface area contributed by atoms with E-state index in [1.165, 1.54) is 22.7 Å². The fraction of sp³-hybridized carbons (Fsp3) is 0.100. The molecule has 0 aliphatic rings. The number of nitrogens with zero attached hydrogens (tertiary/aromatic N) is 2. The van der Waals surface area contributed by atoms with Crippen molar-refractivity contribution in [2.45, 2.75) is 0 Å². The molecule has 0 atom stereocenters. The summed E-state index contributed by atoms with van der Waals surface area (Å²) in [6, 6.07) is 18.3. The number of anilines is 4. The topological polar surface area (TPSA) is 136 Å². The zero-order valence-corrected chi connectivity index (χ0v) is 25.5. The number of carbonyl (C=O) groups is 1. The van der Waals surface area contributed by atoms with Gasteiger partial charge in [0.25, 0.3) is 5.91 Å². The second-order valence-corrected chi connectivity index (χ2v) is 11.6. The average Bonchev–Trinajstić information content (AvgIpc) is 3.75. The van der Waals surface area contributed by atoms with Crippen molar-refractivity contribution >= 4 is 73.4 Å². The third-order valence-corrected chi connectivity index (χ3v) is 8.73. The zero-order chi connectivity index (χ0) is 30.1. The van der Waals surface area contributed by atoms with Crippen molar-refractivity contribution in [3.05, 3.63) is 76.8 Å². The number of H-pyrrole nitrogens is 1. The van der Waals surface area contributed by atoms with Gasteiger partial charge in [-0.2, -0.15) is 0 Å². The van der Waals surface area contributed by atoms with Crippen LogP contribution in [-0.2, 0) is 0 Å². The SMILES string of the molecule is COc1cc(Nc2nc(N)c(-c3nc(-c4cccc(NC(=O)c5cc6cc(Cl)ccc6[nH]5)c4)cs3)s2)cc(OC)c1OC. The van der Waals surface area contributed by atoms with Crippen molar-refractivity contribution in [3.63, 3.8) is 0 Å². The smallest absolute Gasteiger partial charge is 0.272 e. The van der Waals surface area contributed by atoms with Crippen LogP contribution in [0.1, 0.15) is 10.5 Å². The number of carbonyl (C=O) groups excluding carboxylic acids is 1. The maximum absolute atomic E-state index is 12.9. The molecule has 218 valence electrons. The van der Waals surface area contributed by atoms with Crippen LogP contribution in [0.15, 0.2) is 66.0 Å². The number of thiazole rings is 2. The lowest BCUT2D eigenvalue weighted by molar-refractivity contribution is 0.102. The number of aromatic amines is 1. The molecule has 0 fully saturated rings. The van der Waals surface area contributed by atoms with Gasteiger partial charge in [0.2, 0.25) is 5.75 Å². The first-order valence-corrected chi connectivity index (χ1v) is 14.9. The predicted octanol–water partition coefficient (Wildman–Crippen LogP) is 7.67. The van der Waals surface area contributed by atoms with Crippen LogP contribution in [0.3, 0.4) is 0 Å². The summed E-state index contributed by atoms with van der Waals surface area (Å²) >= 11 is 8.93. The molecular weight excluding hydrogens is 608 g/mol. The van der Waals surface area contributed by atoms with E-state index in [0.29, 0.717) is 50.3 Å². The number of nitrogens with one attached hydrogen (secondary N) is 3. The standard InChI is InChI=1S/C30H25ClN6O4S2/c1-39-23-12-19(13-24(40-2)25(23)41-3)34-30-37-27(32)26(43-30)29-36-22(14-42-29)15-5-4-6-18(10-15)33-28(38)21-11-16-9-17(31)7-8-20(16)35-21/h4-14,35H,32H2,1-3H3,(H,33,38)(H,34,37). The molecule has 5 N–H and O–H groups in total. The van der Waals surface area contributed by atoms with Crippen LogP contribution in [0.5, 0.6) is 17.2 Å². The van der Waals surface area contributed by atoms with Gasteiger partial charge in [-0.25, -0.2) is 9.97 Å². The molecule has 0 spiro atoms. The molecule has 10 nitrogen and oxygen atoms in total. The monoisotopic (exact) mass is 632 g/mol. The molecule has 0 bridgehead atoms. The number of nitrogens with two attached hydrogens (primary N) is 1. The number of rotatable bonds is 9. The van der Waals surface area contributed by atoms with E-state index in [9.17, 15) is 4.79 Å². The van der Waals surface area contributed by atoms with Crippen LogP contribution in [-0.4, -0.2) is 42.2 Å². The van der Waals surface area contributed by atoms with Crippen LogP contribution in [0.2, 0.25) is 5.02 Å². The fourth-order valence-electron chi connectivity index (χ4n) is 4.51. The van der Waals surface area contributed by atoms with Crippen molar-refractivity contribution in [2.24, 2.45) is 0 Å². The van der Waals surface area contributed by atoms with Crippen LogP contribution in [0.25, 0.3) is 32.0 Å². The third kappa shape index (κ3) is 5.80. The van der Waals surface area contributed by atoms with Crippen molar-refractivity contribution in [2.75, 3.05) is 37.7 Å². The summed E-state index contributed by atoms with van der Waals surface area (Å²) in [5.74, 6) is 1.64. The molecule has 3 aromatic heterocycles. The van der Waals surface area contributed by atoms with Crippen molar-refractivity contribution in [1.29, 1.82) is 0 Å². The molecule has 0 radical (unpaired) electrons. The number of nitrogen functional groups attached to an aromatic ring is 1. The van der Waals surface area contributed by atoms with Gasteiger partial charge in [0.05, 0.1) is 27.0 Å². The molecule has 0 aliphatic carbocycles. The number of hydrogen-bond acceptors (Lipinski definition) is 10. The number of ether oxygens (including phenoxy) is 3. The van der Waals surface area contributed by atoms with E-state index in [1.54, 1.807) is 45.6 Å². The highest BCUT2D eigenvalue weighted by molar-refractivity contribution is 7.23. The van der Waals surface area contributed by atoms with Crippen molar-refractivity contribution in [3.8, 4) is 38.4 Å². The molecule has 0 saturated carbocycles. The molecule has 0 unspecified atom stereocenters. The number of fused-ring (bicyclic) bond motifs is 1. The van der Waals surface area contributed by atoms with Gasteiger partial charge in [-0.3, -0.25) is 4.79 Å². The Morgan fingerprint density at radius 1 is 0.953 bits per heavy atom. The fourth-order valence-corrected chi connectivity index (χ4v) is 6.52. The van der Waals surface area contributed by atoms with Gasteiger partial charge in [0.1, 0.15) is 21.4 Å². The van der Waals surface area contributed by atoms with E-state index < -0.39 is 0 Å². The van der Waals surface area contributed by atoms with E-state index in [1.807, 2.05) is 41.8 Å². The maximum Gasteiger partial charge on any atom is 0.272 e. The van der Waals surface area contributed by atoms with Gasteiger partial charge in [-0.1, -0.05) is 35.1 Å². The quantitative estimate of drug-likeness (QED) is 0.127. The summed E-state index contributed by atoms with van der Waals surface area (Å²) in [7, 11) is 4.67. The molecular formula is C30H25ClN6O4S2. The summed E-state index contributed by atoms with van der Waals surface area (Å²) < 4.78 is 16.3. The minimum absolute atomic E-state index is 0.256. The van der Waals surface area contributed by atoms with E-state index in [2.05, 4.69) is 20.6 Å². The van der Waals surface area contributed by atoms with E-state index >= 15 is 0 Å². The zero-order valence-electron chi connectivity index (χ0n) is 23.2. The van der Waals surface area contributed by atoms with Gasteiger partial charge in [-0.15, -0.1) is 11.3 Å². The number of amides is 1. The number of hydrogen-bond donors (Lipinski definition) is 4. The Labute approximate surface area is 259 Å². The Morgan fingerprint density at radius 3 is 2.49 bits per heavy atom. The first-order chi connectivity index (χ1) is 20.8. The summed E-state index contributed by atoms with van der Waals surface area (Å²) in [4.78, 5) is 26.1. The highest BCUT2D eigenvalue weighted by atomic mass is 35.5. The lowest BCUT2D eigenvalue weighted by Crippen LogP contribution is -2.12. The predicted molar refractivity (Wildman–Crippen MR) is 174 cm³/mol. The summed E-state index contributed by atoms with van der Waals surface area (Å²) in [5.41, 5.74) is 10.5. The highest BCUT2D eigenvalue weighted by Gasteiger charge is 2.18. The molecule has 3 heterocycles. The van der Waals surface area contributed by atoms with E-state index in [0.717, 1.165) is 32.0 Å². The van der Waals surface area contributed by atoms with Gasteiger partial charge >= 0.3 is 0 Å². The molecule has 0 saturated heterocycles. The Hall–Kier alpha value is -4.78. The molecule has 43 heavy (non-hydrogen) atoms. The molecule has 3 aromatic carbocycles. The largest absolute Gasteiger partial charge is 0.493 e. The van der Waals surface area contributed by atoms with Crippen LogP contribution >= 0.6 is 34.3 Å². The van der Waals surface area contributed by atoms with Gasteiger partial charge in [0.15, 0.2) is 16.6 Å². The van der Waals surface area contributed by atoms with Crippen molar-refractivity contribution < 1.29 is 19.0 Å². The van der Waals surface area contributed by atoms with Gasteiger partial charge in [0, 0.05) is 50.4 Å². The van der Waals surface area contributed by atoms with E-state index in [-0.39, 0.29) is 5.91 Å². The Morgan fingerprint density at radius 2 is 1.74 bits per heavy atom. The van der Waals surface area contributed by atoms with E-state index in [4.69, 9.17) is 36.5 Å². The van der Waals surface area contributed by atoms with Crippen LogP contribution in [0, 0.1) is 0 Å².